The molecule has 1 unspecified atom stereocenters. The normalized spacial score (nSPS) is 15.0. The van der Waals surface area contributed by atoms with Crippen LogP contribution in [0.1, 0.15) is 26.3 Å². The molecule has 0 amide bonds. The Labute approximate surface area is 121 Å². The molecule has 2 atom stereocenters. The zero-order valence-corrected chi connectivity index (χ0v) is 13.1. The lowest BCUT2D eigenvalue weighted by Crippen LogP contribution is -2.25. The zero-order chi connectivity index (χ0) is 15.2. The summed E-state index contributed by atoms with van der Waals surface area (Å²) in [5.74, 6) is 0. The van der Waals surface area contributed by atoms with Crippen LogP contribution in [0.5, 0.6) is 0 Å². The van der Waals surface area contributed by atoms with Crippen LogP contribution in [0, 0.1) is 6.92 Å². The highest BCUT2D eigenvalue weighted by Crippen LogP contribution is 2.14. The van der Waals surface area contributed by atoms with Crippen LogP contribution in [-0.2, 0) is 23.8 Å². The molecule has 0 spiro atoms. The Morgan fingerprint density at radius 3 is 2.30 bits per heavy atom. The van der Waals surface area contributed by atoms with E-state index in [0.29, 0.717) is 6.61 Å². The number of ether oxygens (including phenoxy) is 2. The Morgan fingerprint density at radius 2 is 1.75 bits per heavy atom. The first-order valence-corrected chi connectivity index (χ1v) is 7.99. The Balaban J connectivity index is 2.53. The smallest absolute Gasteiger partial charge is 0.297 e. The summed E-state index contributed by atoms with van der Waals surface area (Å²) in [6, 6.07) is 6.51. The van der Waals surface area contributed by atoms with E-state index < -0.39 is 10.1 Å². The maximum atomic E-state index is 12.0. The van der Waals surface area contributed by atoms with Crippen molar-refractivity contribution in [3.63, 3.8) is 0 Å². The predicted molar refractivity (Wildman–Crippen MR) is 76.0 cm³/mol. The molecule has 0 saturated heterocycles. The fraction of sp³-hybridized carbons (Fsp3) is 0.571. The maximum Gasteiger partial charge on any atom is 0.297 e. The lowest BCUT2D eigenvalue weighted by Gasteiger charge is -2.18. The summed E-state index contributed by atoms with van der Waals surface area (Å²) in [5, 5.41) is 0. The van der Waals surface area contributed by atoms with E-state index in [4.69, 9.17) is 13.7 Å². The molecule has 0 aliphatic heterocycles. The second-order valence-electron chi connectivity index (χ2n) is 4.52. The highest BCUT2D eigenvalue weighted by Gasteiger charge is 2.17. The first kappa shape index (κ1) is 17.1. The van der Waals surface area contributed by atoms with Crippen molar-refractivity contribution in [2.24, 2.45) is 0 Å². The Bertz CT molecular complexity index is 495. The van der Waals surface area contributed by atoms with Gasteiger partial charge in [0.2, 0.25) is 0 Å². The third kappa shape index (κ3) is 5.58. The van der Waals surface area contributed by atoms with Gasteiger partial charge in [-0.2, -0.15) is 8.42 Å². The van der Waals surface area contributed by atoms with Crippen molar-refractivity contribution in [2.45, 2.75) is 45.0 Å². The topological polar surface area (TPSA) is 61.8 Å². The number of hydrogen-bond acceptors (Lipinski definition) is 5. The van der Waals surface area contributed by atoms with Gasteiger partial charge in [-0.1, -0.05) is 17.7 Å². The largest absolute Gasteiger partial charge is 0.353 e. The highest BCUT2D eigenvalue weighted by molar-refractivity contribution is 7.86. The molecule has 114 valence electrons. The van der Waals surface area contributed by atoms with Crippen LogP contribution in [-0.4, -0.2) is 34.0 Å². The molecule has 0 aromatic heterocycles. The molecule has 1 aromatic carbocycles. The number of rotatable bonds is 8. The van der Waals surface area contributed by atoms with Crippen LogP contribution in [0.25, 0.3) is 0 Å². The minimum Gasteiger partial charge on any atom is -0.353 e. The van der Waals surface area contributed by atoms with Crippen molar-refractivity contribution >= 4 is 10.1 Å². The summed E-state index contributed by atoms with van der Waals surface area (Å²) in [6.07, 6.45) is -0.766. The van der Waals surface area contributed by atoms with Crippen LogP contribution < -0.4 is 0 Å². The van der Waals surface area contributed by atoms with Crippen LogP contribution in [0.2, 0.25) is 0 Å². The average molecular weight is 302 g/mol. The SMILES string of the molecule is CCOC(C)O[C@@H](C)COS(=O)(=O)c1ccc(C)cc1. The Kier molecular flexibility index (Phi) is 6.61. The summed E-state index contributed by atoms with van der Waals surface area (Å²) in [6.45, 7) is 7.74. The van der Waals surface area contributed by atoms with Gasteiger partial charge in [0.25, 0.3) is 10.1 Å². The molecule has 6 heteroatoms. The van der Waals surface area contributed by atoms with Gasteiger partial charge in [-0.3, -0.25) is 4.18 Å². The van der Waals surface area contributed by atoms with E-state index in [1.165, 1.54) is 12.1 Å². The Hall–Kier alpha value is -0.950. The van der Waals surface area contributed by atoms with E-state index in [2.05, 4.69) is 0 Å². The van der Waals surface area contributed by atoms with Gasteiger partial charge in [0.05, 0.1) is 17.6 Å². The van der Waals surface area contributed by atoms with E-state index in [0.717, 1.165) is 5.56 Å². The molecule has 0 bridgehead atoms. The standard InChI is InChI=1S/C14H22O5S/c1-5-17-13(4)19-12(3)10-18-20(15,16)14-8-6-11(2)7-9-14/h6-9,12-13H,5,10H2,1-4H3/t12-,13?/m0/s1. The number of aryl methyl sites for hydroxylation is 1. The monoisotopic (exact) mass is 302 g/mol. The minimum absolute atomic E-state index is 0.0480. The van der Waals surface area contributed by atoms with Gasteiger partial charge >= 0.3 is 0 Å². The molecule has 1 rings (SSSR count). The summed E-state index contributed by atoms with van der Waals surface area (Å²) < 4.78 is 39.5. The second-order valence-corrected chi connectivity index (χ2v) is 6.14. The van der Waals surface area contributed by atoms with Gasteiger partial charge in [0.15, 0.2) is 6.29 Å². The van der Waals surface area contributed by atoms with Gasteiger partial charge in [-0.05, 0) is 39.8 Å². The minimum atomic E-state index is -3.74. The molecular formula is C14H22O5S. The molecule has 0 fully saturated rings. The van der Waals surface area contributed by atoms with Crippen molar-refractivity contribution in [3.8, 4) is 0 Å². The van der Waals surface area contributed by atoms with Gasteiger partial charge in [-0.25, -0.2) is 0 Å². The first-order valence-electron chi connectivity index (χ1n) is 6.58. The third-order valence-corrected chi connectivity index (χ3v) is 3.89. The molecule has 0 aliphatic carbocycles. The summed E-state index contributed by atoms with van der Waals surface area (Å²) in [4.78, 5) is 0.146. The highest BCUT2D eigenvalue weighted by atomic mass is 32.2. The van der Waals surface area contributed by atoms with Crippen molar-refractivity contribution in [3.05, 3.63) is 29.8 Å². The van der Waals surface area contributed by atoms with Crippen LogP contribution in [0.15, 0.2) is 29.2 Å². The van der Waals surface area contributed by atoms with Crippen molar-refractivity contribution in [1.29, 1.82) is 0 Å². The predicted octanol–water partition coefficient (Wildman–Crippen LogP) is 2.49. The Morgan fingerprint density at radius 1 is 1.15 bits per heavy atom. The van der Waals surface area contributed by atoms with Gasteiger partial charge in [-0.15, -0.1) is 0 Å². The lowest BCUT2D eigenvalue weighted by molar-refractivity contribution is -0.158. The summed E-state index contributed by atoms with van der Waals surface area (Å²) >= 11 is 0. The van der Waals surface area contributed by atoms with E-state index in [1.54, 1.807) is 26.0 Å². The molecular weight excluding hydrogens is 280 g/mol. The second kappa shape index (κ2) is 7.73. The van der Waals surface area contributed by atoms with Crippen molar-refractivity contribution < 1.29 is 22.1 Å². The molecule has 0 saturated carbocycles. The fourth-order valence-electron chi connectivity index (χ4n) is 1.60. The quantitative estimate of drug-likeness (QED) is 0.545. The first-order chi connectivity index (χ1) is 9.35. The zero-order valence-electron chi connectivity index (χ0n) is 12.3. The lowest BCUT2D eigenvalue weighted by atomic mass is 10.2. The van der Waals surface area contributed by atoms with Crippen molar-refractivity contribution in [2.75, 3.05) is 13.2 Å². The van der Waals surface area contributed by atoms with E-state index in [1.807, 2.05) is 13.8 Å². The fourth-order valence-corrected chi connectivity index (χ4v) is 2.58. The van der Waals surface area contributed by atoms with Crippen LogP contribution >= 0.6 is 0 Å². The van der Waals surface area contributed by atoms with Gasteiger partial charge in [0.1, 0.15) is 0 Å². The summed E-state index contributed by atoms with van der Waals surface area (Å²) in [5.41, 5.74) is 0.992. The van der Waals surface area contributed by atoms with Gasteiger partial charge in [0, 0.05) is 6.61 Å². The summed E-state index contributed by atoms with van der Waals surface area (Å²) in [7, 11) is -3.74. The van der Waals surface area contributed by atoms with Gasteiger partial charge < -0.3 is 9.47 Å². The molecule has 0 radical (unpaired) electrons. The molecule has 0 N–H and O–H groups in total. The van der Waals surface area contributed by atoms with Crippen LogP contribution in [0.3, 0.4) is 0 Å². The third-order valence-electron chi connectivity index (χ3n) is 2.59. The van der Waals surface area contributed by atoms with Crippen LogP contribution in [0.4, 0.5) is 0 Å². The average Bonchev–Trinajstić information content (AvgIpc) is 2.37. The number of hydrogen-bond donors (Lipinski definition) is 0. The van der Waals surface area contributed by atoms with E-state index in [9.17, 15) is 8.42 Å². The van der Waals surface area contributed by atoms with Crippen molar-refractivity contribution in [1.82, 2.24) is 0 Å². The molecule has 1 aromatic rings. The number of benzene rings is 1. The van der Waals surface area contributed by atoms with E-state index in [-0.39, 0.29) is 23.9 Å². The van der Waals surface area contributed by atoms with E-state index >= 15 is 0 Å². The molecule has 0 heterocycles. The molecule has 0 aliphatic rings. The molecule has 5 nitrogen and oxygen atoms in total. The molecule has 20 heavy (non-hydrogen) atoms. The maximum absolute atomic E-state index is 12.0.